The Bertz CT molecular complexity index is 905. The third-order valence-electron chi connectivity index (χ3n) is 5.15. The van der Waals surface area contributed by atoms with Gasteiger partial charge in [0, 0.05) is 0 Å². The molecule has 0 saturated heterocycles. The van der Waals surface area contributed by atoms with Gasteiger partial charge in [0.1, 0.15) is 17.3 Å². The van der Waals surface area contributed by atoms with Crippen LogP contribution in [0.25, 0.3) is 0 Å². The molecule has 156 valence electrons. The number of rotatable bonds is 10. The van der Waals surface area contributed by atoms with Crippen molar-refractivity contribution >= 4 is 5.97 Å². The molecule has 3 rings (SSSR count). The summed E-state index contributed by atoms with van der Waals surface area (Å²) in [5.74, 6) is 0.751. The highest BCUT2D eigenvalue weighted by molar-refractivity contribution is 5.72. The third kappa shape index (κ3) is 6.73. The molecule has 0 heterocycles. The Morgan fingerprint density at radius 3 is 2.03 bits per heavy atom. The first-order valence-corrected chi connectivity index (χ1v) is 10.3. The SMILES string of the molecule is COC(=O)C(CCCc1ccccc1)CCc1ccc(Oc2ccc(F)cc2)cc1. The highest BCUT2D eigenvalue weighted by Crippen LogP contribution is 2.23. The summed E-state index contributed by atoms with van der Waals surface area (Å²) in [7, 11) is 1.45. The lowest BCUT2D eigenvalue weighted by Gasteiger charge is -2.15. The Morgan fingerprint density at radius 1 is 0.800 bits per heavy atom. The van der Waals surface area contributed by atoms with Crippen LogP contribution in [-0.4, -0.2) is 13.1 Å². The van der Waals surface area contributed by atoms with Gasteiger partial charge in [-0.15, -0.1) is 0 Å². The first-order chi connectivity index (χ1) is 14.6. The van der Waals surface area contributed by atoms with Gasteiger partial charge in [-0.05, 0) is 79.6 Å². The molecular formula is C26H27FO3. The molecule has 0 N–H and O–H groups in total. The maximum atomic E-state index is 13.0. The van der Waals surface area contributed by atoms with E-state index in [9.17, 15) is 9.18 Å². The lowest BCUT2D eigenvalue weighted by atomic mass is 9.93. The van der Waals surface area contributed by atoms with E-state index in [0.717, 1.165) is 37.7 Å². The van der Waals surface area contributed by atoms with Crippen LogP contribution in [0.1, 0.15) is 30.4 Å². The fourth-order valence-corrected chi connectivity index (χ4v) is 3.45. The summed E-state index contributed by atoms with van der Waals surface area (Å²) in [5.41, 5.74) is 2.43. The summed E-state index contributed by atoms with van der Waals surface area (Å²) in [6.45, 7) is 0. The molecule has 3 aromatic carbocycles. The topological polar surface area (TPSA) is 35.5 Å². The molecule has 30 heavy (non-hydrogen) atoms. The van der Waals surface area contributed by atoms with E-state index in [1.54, 1.807) is 12.1 Å². The molecule has 1 atom stereocenters. The number of hydrogen-bond donors (Lipinski definition) is 0. The minimum absolute atomic E-state index is 0.103. The van der Waals surface area contributed by atoms with Gasteiger partial charge in [-0.2, -0.15) is 0 Å². The number of carbonyl (C=O) groups is 1. The summed E-state index contributed by atoms with van der Waals surface area (Å²) in [4.78, 5) is 12.2. The van der Waals surface area contributed by atoms with Crippen LogP contribution in [0.2, 0.25) is 0 Å². The first-order valence-electron chi connectivity index (χ1n) is 10.3. The summed E-state index contributed by atoms with van der Waals surface area (Å²) >= 11 is 0. The van der Waals surface area contributed by atoms with E-state index >= 15 is 0 Å². The zero-order chi connectivity index (χ0) is 21.2. The number of carbonyl (C=O) groups excluding carboxylic acids is 1. The lowest BCUT2D eigenvalue weighted by molar-refractivity contribution is -0.145. The van der Waals surface area contributed by atoms with Crippen LogP contribution in [0.3, 0.4) is 0 Å². The minimum Gasteiger partial charge on any atom is -0.469 e. The molecule has 4 heteroatoms. The molecule has 0 aliphatic carbocycles. The second-order valence-corrected chi connectivity index (χ2v) is 7.34. The maximum Gasteiger partial charge on any atom is 0.308 e. The van der Waals surface area contributed by atoms with E-state index in [2.05, 4.69) is 12.1 Å². The van der Waals surface area contributed by atoms with Crippen LogP contribution in [0.15, 0.2) is 78.9 Å². The van der Waals surface area contributed by atoms with E-state index in [0.29, 0.717) is 11.5 Å². The second kappa shape index (κ2) is 11.1. The van der Waals surface area contributed by atoms with Crippen LogP contribution in [-0.2, 0) is 22.4 Å². The van der Waals surface area contributed by atoms with Crippen LogP contribution in [0.4, 0.5) is 4.39 Å². The molecule has 0 spiro atoms. The number of esters is 1. The van der Waals surface area contributed by atoms with Gasteiger partial charge in [0.05, 0.1) is 13.0 Å². The minimum atomic E-state index is -0.290. The van der Waals surface area contributed by atoms with E-state index < -0.39 is 0 Å². The molecule has 1 unspecified atom stereocenters. The third-order valence-corrected chi connectivity index (χ3v) is 5.15. The maximum absolute atomic E-state index is 13.0. The van der Waals surface area contributed by atoms with Gasteiger partial charge in [-0.25, -0.2) is 4.39 Å². The second-order valence-electron chi connectivity index (χ2n) is 7.34. The van der Waals surface area contributed by atoms with Crippen molar-refractivity contribution < 1.29 is 18.7 Å². The molecule has 3 nitrogen and oxygen atoms in total. The van der Waals surface area contributed by atoms with Crippen molar-refractivity contribution in [1.29, 1.82) is 0 Å². The Morgan fingerprint density at radius 2 is 1.40 bits per heavy atom. The largest absolute Gasteiger partial charge is 0.469 e. The zero-order valence-electron chi connectivity index (χ0n) is 17.2. The zero-order valence-corrected chi connectivity index (χ0v) is 17.2. The van der Waals surface area contributed by atoms with Crippen molar-refractivity contribution in [3.05, 3.63) is 95.8 Å². The average molecular weight is 406 g/mol. The van der Waals surface area contributed by atoms with Crippen LogP contribution in [0, 0.1) is 11.7 Å². The number of hydrogen-bond acceptors (Lipinski definition) is 3. The fourth-order valence-electron chi connectivity index (χ4n) is 3.45. The lowest BCUT2D eigenvalue weighted by Crippen LogP contribution is -2.17. The summed E-state index contributed by atoms with van der Waals surface area (Å²) in [6, 6.07) is 24.0. The quantitative estimate of drug-likeness (QED) is 0.367. The Labute approximate surface area is 177 Å². The van der Waals surface area contributed by atoms with Gasteiger partial charge >= 0.3 is 5.97 Å². The van der Waals surface area contributed by atoms with Gasteiger partial charge in [0.2, 0.25) is 0 Å². The van der Waals surface area contributed by atoms with Crippen molar-refractivity contribution in [1.82, 2.24) is 0 Å². The number of halogens is 1. The number of aryl methyl sites for hydroxylation is 2. The normalized spacial score (nSPS) is 11.7. The molecule has 0 radical (unpaired) electrons. The van der Waals surface area contributed by atoms with Gasteiger partial charge < -0.3 is 9.47 Å². The molecule has 0 aromatic heterocycles. The molecule has 0 fully saturated rings. The predicted molar refractivity (Wildman–Crippen MR) is 116 cm³/mol. The van der Waals surface area contributed by atoms with E-state index in [1.165, 1.54) is 24.8 Å². The van der Waals surface area contributed by atoms with Gasteiger partial charge in [0.15, 0.2) is 0 Å². The van der Waals surface area contributed by atoms with Crippen molar-refractivity contribution in [3.8, 4) is 11.5 Å². The monoisotopic (exact) mass is 406 g/mol. The molecule has 0 aliphatic heterocycles. The van der Waals surface area contributed by atoms with Gasteiger partial charge in [-0.1, -0.05) is 42.5 Å². The molecule has 0 amide bonds. The molecule has 0 saturated carbocycles. The van der Waals surface area contributed by atoms with Gasteiger partial charge in [0.25, 0.3) is 0 Å². The average Bonchev–Trinajstić information content (AvgIpc) is 2.79. The fraction of sp³-hybridized carbons (Fsp3) is 0.269. The molecule has 0 aliphatic rings. The van der Waals surface area contributed by atoms with Crippen LogP contribution in [0.5, 0.6) is 11.5 Å². The summed E-state index contributed by atoms with van der Waals surface area (Å²) < 4.78 is 23.7. The van der Waals surface area contributed by atoms with Gasteiger partial charge in [-0.3, -0.25) is 4.79 Å². The molecule has 0 bridgehead atoms. The van der Waals surface area contributed by atoms with E-state index in [4.69, 9.17) is 9.47 Å². The Kier molecular flexibility index (Phi) is 8.02. The molecule has 3 aromatic rings. The highest BCUT2D eigenvalue weighted by Gasteiger charge is 2.18. The smallest absolute Gasteiger partial charge is 0.308 e. The van der Waals surface area contributed by atoms with Crippen molar-refractivity contribution in [2.45, 2.75) is 32.1 Å². The Balaban J connectivity index is 1.50. The summed E-state index contributed by atoms with van der Waals surface area (Å²) in [5, 5.41) is 0. The van der Waals surface area contributed by atoms with Crippen molar-refractivity contribution in [3.63, 3.8) is 0 Å². The number of methoxy groups -OCH3 is 1. The first kappa shape index (κ1) is 21.6. The standard InChI is InChI=1S/C26H27FO3/c1-29-26(28)22(9-5-8-20-6-3-2-4-7-20)13-10-21-11-16-24(17-12-21)30-25-18-14-23(27)15-19-25/h2-4,6-7,11-12,14-19,22H,5,8-10,13H2,1H3. The Hall–Kier alpha value is -3.14. The number of ether oxygens (including phenoxy) is 2. The number of benzene rings is 3. The highest BCUT2D eigenvalue weighted by atomic mass is 19.1. The van der Waals surface area contributed by atoms with Crippen LogP contribution >= 0.6 is 0 Å². The molecular weight excluding hydrogens is 379 g/mol. The summed E-state index contributed by atoms with van der Waals surface area (Å²) in [6.07, 6.45) is 4.27. The van der Waals surface area contributed by atoms with Crippen molar-refractivity contribution in [2.24, 2.45) is 5.92 Å². The van der Waals surface area contributed by atoms with E-state index in [-0.39, 0.29) is 17.7 Å². The van der Waals surface area contributed by atoms with E-state index in [1.807, 2.05) is 42.5 Å². The predicted octanol–water partition coefficient (Wildman–Crippen LogP) is 6.36. The van der Waals surface area contributed by atoms with Crippen LogP contribution < -0.4 is 4.74 Å². The van der Waals surface area contributed by atoms with Crippen molar-refractivity contribution in [2.75, 3.05) is 7.11 Å².